The summed E-state index contributed by atoms with van der Waals surface area (Å²) in [5.41, 5.74) is 0.400. The molecule has 5 heteroatoms. The number of aromatic nitrogens is 1. The third-order valence-electron chi connectivity index (χ3n) is 2.70. The van der Waals surface area contributed by atoms with Gasteiger partial charge in [0.25, 0.3) is 0 Å². The molecule has 19 heavy (non-hydrogen) atoms. The lowest BCUT2D eigenvalue weighted by Gasteiger charge is -2.18. The monoisotopic (exact) mass is 282 g/mol. The topological polar surface area (TPSA) is 49.3 Å². The largest absolute Gasteiger partial charge is 0.356 e. The van der Waals surface area contributed by atoms with Crippen LogP contribution in [0, 0.1) is 12.3 Å². The highest BCUT2D eigenvalue weighted by molar-refractivity contribution is 7.11. The molecule has 0 aromatic carbocycles. The Bertz CT molecular complexity index is 404. The van der Waals surface area contributed by atoms with E-state index in [-0.39, 0.29) is 0 Å². The molecule has 0 bridgehead atoms. The van der Waals surface area contributed by atoms with E-state index in [0.29, 0.717) is 5.41 Å². The van der Waals surface area contributed by atoms with E-state index in [9.17, 15) is 0 Å². The van der Waals surface area contributed by atoms with Crippen molar-refractivity contribution < 1.29 is 0 Å². The number of aliphatic imine (C=N–C) groups is 1. The summed E-state index contributed by atoms with van der Waals surface area (Å²) in [7, 11) is 1.80. The first-order valence-electron chi connectivity index (χ1n) is 6.76. The van der Waals surface area contributed by atoms with Crippen molar-refractivity contribution in [3.8, 4) is 0 Å². The molecule has 1 aromatic rings. The van der Waals surface area contributed by atoms with E-state index in [1.165, 1.54) is 11.3 Å². The second-order valence-corrected chi connectivity index (χ2v) is 7.20. The Balaban J connectivity index is 2.23. The van der Waals surface area contributed by atoms with Crippen molar-refractivity contribution in [2.45, 2.75) is 47.1 Å². The van der Waals surface area contributed by atoms with Gasteiger partial charge in [0.1, 0.15) is 5.01 Å². The minimum Gasteiger partial charge on any atom is -0.356 e. The molecular formula is C14H26N4S. The van der Waals surface area contributed by atoms with Crippen LogP contribution in [0.1, 0.15) is 43.5 Å². The molecule has 108 valence electrons. The Hall–Kier alpha value is -1.10. The van der Waals surface area contributed by atoms with Gasteiger partial charge in [0.05, 0.1) is 6.54 Å². The fourth-order valence-corrected chi connectivity index (χ4v) is 2.42. The highest BCUT2D eigenvalue weighted by Gasteiger charge is 2.09. The van der Waals surface area contributed by atoms with Crippen molar-refractivity contribution in [2.75, 3.05) is 13.6 Å². The minimum atomic E-state index is 0.400. The molecule has 0 aliphatic carbocycles. The Morgan fingerprint density at radius 1 is 1.37 bits per heavy atom. The van der Waals surface area contributed by atoms with Gasteiger partial charge in [0.2, 0.25) is 0 Å². The van der Waals surface area contributed by atoms with Crippen LogP contribution in [0.3, 0.4) is 0 Å². The molecule has 0 saturated carbocycles. The normalized spacial score (nSPS) is 12.6. The quantitative estimate of drug-likeness (QED) is 0.496. The Kier molecular flexibility index (Phi) is 6.28. The van der Waals surface area contributed by atoms with Crippen molar-refractivity contribution in [3.05, 3.63) is 16.1 Å². The van der Waals surface area contributed by atoms with Crippen LogP contribution < -0.4 is 10.6 Å². The number of nitrogens with one attached hydrogen (secondary N) is 2. The van der Waals surface area contributed by atoms with E-state index in [1.54, 1.807) is 18.4 Å². The minimum absolute atomic E-state index is 0.400. The lowest BCUT2D eigenvalue weighted by molar-refractivity contribution is 0.365. The Morgan fingerprint density at radius 3 is 2.63 bits per heavy atom. The van der Waals surface area contributed by atoms with Crippen LogP contribution in [0.4, 0.5) is 0 Å². The van der Waals surface area contributed by atoms with Crippen molar-refractivity contribution in [3.63, 3.8) is 0 Å². The maximum Gasteiger partial charge on any atom is 0.191 e. The number of guanidine groups is 1. The Morgan fingerprint density at radius 2 is 2.11 bits per heavy atom. The van der Waals surface area contributed by atoms with Crippen molar-refractivity contribution in [1.82, 2.24) is 15.6 Å². The number of rotatable bonds is 5. The maximum absolute atomic E-state index is 4.32. The van der Waals surface area contributed by atoms with Crippen LogP contribution in [0.15, 0.2) is 11.2 Å². The predicted octanol–water partition coefficient (Wildman–Crippen LogP) is 2.94. The maximum atomic E-state index is 4.32. The molecular weight excluding hydrogens is 256 g/mol. The van der Waals surface area contributed by atoms with Gasteiger partial charge in [-0.05, 0) is 25.2 Å². The molecule has 1 rings (SSSR count). The third kappa shape index (κ3) is 7.15. The van der Waals surface area contributed by atoms with Crippen LogP contribution in [-0.4, -0.2) is 24.5 Å². The molecule has 1 heterocycles. The lowest BCUT2D eigenvalue weighted by atomic mass is 9.91. The van der Waals surface area contributed by atoms with Crippen molar-refractivity contribution in [2.24, 2.45) is 10.4 Å². The summed E-state index contributed by atoms with van der Waals surface area (Å²) >= 11 is 1.72. The molecule has 0 spiro atoms. The average molecular weight is 282 g/mol. The smallest absolute Gasteiger partial charge is 0.191 e. The molecule has 0 atom stereocenters. The number of nitrogens with zero attached hydrogens (tertiary/aromatic N) is 2. The molecule has 0 saturated heterocycles. The summed E-state index contributed by atoms with van der Waals surface area (Å²) in [5, 5.41) is 7.71. The number of aryl methyl sites for hydroxylation is 1. The van der Waals surface area contributed by atoms with Gasteiger partial charge in [-0.25, -0.2) is 4.98 Å². The summed E-state index contributed by atoms with van der Waals surface area (Å²) in [6.45, 7) is 10.6. The second kappa shape index (κ2) is 7.48. The van der Waals surface area contributed by atoms with E-state index in [0.717, 1.165) is 30.5 Å². The molecule has 1 aromatic heterocycles. The molecule has 0 radical (unpaired) electrons. The fraction of sp³-hybridized carbons (Fsp3) is 0.714. The van der Waals surface area contributed by atoms with Crippen LogP contribution in [-0.2, 0) is 6.54 Å². The van der Waals surface area contributed by atoms with Gasteiger partial charge in [-0.15, -0.1) is 11.3 Å². The average Bonchev–Trinajstić information content (AvgIpc) is 2.73. The van der Waals surface area contributed by atoms with Gasteiger partial charge in [0, 0.05) is 24.7 Å². The highest BCUT2D eigenvalue weighted by Crippen LogP contribution is 2.19. The van der Waals surface area contributed by atoms with Crippen LogP contribution in [0.2, 0.25) is 0 Å². The zero-order valence-corrected chi connectivity index (χ0v) is 13.5. The van der Waals surface area contributed by atoms with Gasteiger partial charge in [-0.2, -0.15) is 0 Å². The van der Waals surface area contributed by atoms with Gasteiger partial charge in [0.15, 0.2) is 5.96 Å². The van der Waals surface area contributed by atoms with Gasteiger partial charge in [-0.3, -0.25) is 4.99 Å². The first kappa shape index (κ1) is 16.0. The zero-order chi connectivity index (χ0) is 14.3. The van der Waals surface area contributed by atoms with Crippen molar-refractivity contribution >= 4 is 17.3 Å². The first-order valence-corrected chi connectivity index (χ1v) is 7.58. The SMILES string of the molecule is CN=C(NCCCC(C)(C)C)NCc1ncc(C)s1. The third-order valence-corrected chi connectivity index (χ3v) is 3.61. The highest BCUT2D eigenvalue weighted by atomic mass is 32.1. The molecule has 0 unspecified atom stereocenters. The summed E-state index contributed by atoms with van der Waals surface area (Å²) in [6.07, 6.45) is 4.27. The molecule has 0 fully saturated rings. The fourth-order valence-electron chi connectivity index (χ4n) is 1.69. The van der Waals surface area contributed by atoms with E-state index >= 15 is 0 Å². The van der Waals surface area contributed by atoms with Gasteiger partial charge >= 0.3 is 0 Å². The van der Waals surface area contributed by atoms with Crippen LogP contribution >= 0.6 is 11.3 Å². The zero-order valence-electron chi connectivity index (χ0n) is 12.7. The number of hydrogen-bond acceptors (Lipinski definition) is 3. The summed E-state index contributed by atoms with van der Waals surface area (Å²) in [4.78, 5) is 9.78. The molecule has 0 aliphatic rings. The molecule has 2 N–H and O–H groups in total. The summed E-state index contributed by atoms with van der Waals surface area (Å²) in [5.74, 6) is 0.849. The van der Waals surface area contributed by atoms with Crippen molar-refractivity contribution in [1.29, 1.82) is 0 Å². The number of thiazole rings is 1. The van der Waals surface area contributed by atoms with Crippen LogP contribution in [0.5, 0.6) is 0 Å². The van der Waals surface area contributed by atoms with Gasteiger partial charge < -0.3 is 10.6 Å². The second-order valence-electron chi connectivity index (χ2n) is 5.88. The lowest BCUT2D eigenvalue weighted by Crippen LogP contribution is -2.37. The first-order chi connectivity index (χ1) is 8.90. The molecule has 0 aliphatic heterocycles. The van der Waals surface area contributed by atoms with Gasteiger partial charge in [-0.1, -0.05) is 20.8 Å². The number of hydrogen-bond donors (Lipinski definition) is 2. The van der Waals surface area contributed by atoms with E-state index in [2.05, 4.69) is 48.3 Å². The predicted molar refractivity (Wildman–Crippen MR) is 83.7 cm³/mol. The Labute approximate surface area is 120 Å². The summed E-state index contributed by atoms with van der Waals surface area (Å²) < 4.78 is 0. The molecule has 0 amide bonds. The van der Waals surface area contributed by atoms with E-state index < -0.39 is 0 Å². The standard InChI is InChI=1S/C14H26N4S/c1-11-9-17-12(19-11)10-18-13(15-5)16-8-6-7-14(2,3)4/h9H,6-8,10H2,1-5H3,(H2,15,16,18). The summed E-state index contributed by atoms with van der Waals surface area (Å²) in [6, 6.07) is 0. The van der Waals surface area contributed by atoms with E-state index in [1.807, 2.05) is 6.20 Å². The molecule has 4 nitrogen and oxygen atoms in total. The van der Waals surface area contributed by atoms with Crippen LogP contribution in [0.25, 0.3) is 0 Å². The van der Waals surface area contributed by atoms with E-state index in [4.69, 9.17) is 0 Å².